The fraction of sp³-hybridized carbons (Fsp3) is 0.318. The Hall–Kier alpha value is -2.95. The van der Waals surface area contributed by atoms with Gasteiger partial charge in [-0.1, -0.05) is 66.2 Å². The van der Waals surface area contributed by atoms with Gasteiger partial charge in [-0.15, -0.1) is 0 Å². The third-order valence-electron chi connectivity index (χ3n) is 5.10. The smallest absolute Gasteiger partial charge is 0.334 e. The second kappa shape index (κ2) is 8.16. The number of hydrogen-bond donors (Lipinski definition) is 0. The van der Waals surface area contributed by atoms with E-state index in [2.05, 4.69) is 0 Å². The summed E-state index contributed by atoms with van der Waals surface area (Å²) in [6, 6.07) is 16.1. The molecule has 140 valence electrons. The lowest BCUT2D eigenvalue weighted by Gasteiger charge is -2.32. The van der Waals surface area contributed by atoms with E-state index in [4.69, 9.17) is 4.74 Å². The molecule has 27 heavy (non-hydrogen) atoms. The van der Waals surface area contributed by atoms with E-state index in [1.165, 1.54) is 0 Å². The Morgan fingerprint density at radius 3 is 2.37 bits per heavy atom. The second-order valence-electron chi connectivity index (χ2n) is 6.80. The van der Waals surface area contributed by atoms with Crippen molar-refractivity contribution in [2.75, 3.05) is 6.61 Å². The van der Waals surface area contributed by atoms with Crippen LogP contribution in [0.1, 0.15) is 41.9 Å². The Morgan fingerprint density at radius 2 is 1.78 bits per heavy atom. The zero-order chi connectivity index (χ0) is 19.4. The molecule has 3 atom stereocenters. The van der Waals surface area contributed by atoms with Crippen molar-refractivity contribution < 1.29 is 14.5 Å². The van der Waals surface area contributed by atoms with Crippen molar-refractivity contribution in [2.24, 2.45) is 0 Å². The molecule has 0 aliphatic heterocycles. The minimum atomic E-state index is -0.931. The molecule has 0 N–H and O–H groups in total. The molecule has 0 spiro atoms. The van der Waals surface area contributed by atoms with Crippen LogP contribution >= 0.6 is 0 Å². The van der Waals surface area contributed by atoms with E-state index in [9.17, 15) is 14.9 Å². The molecule has 0 fully saturated rings. The number of rotatable bonds is 5. The molecule has 0 radical (unpaired) electrons. The van der Waals surface area contributed by atoms with Crippen molar-refractivity contribution in [3.63, 3.8) is 0 Å². The van der Waals surface area contributed by atoms with Crippen LogP contribution in [0.2, 0.25) is 0 Å². The van der Waals surface area contributed by atoms with E-state index in [-0.39, 0.29) is 17.4 Å². The van der Waals surface area contributed by atoms with Gasteiger partial charge in [0.05, 0.1) is 18.4 Å². The van der Waals surface area contributed by atoms with Crippen molar-refractivity contribution in [2.45, 2.75) is 38.1 Å². The highest BCUT2D eigenvalue weighted by Crippen LogP contribution is 2.43. The molecule has 3 rings (SSSR count). The molecule has 5 heteroatoms. The number of nitro groups is 1. The van der Waals surface area contributed by atoms with Crippen LogP contribution in [0.15, 0.2) is 66.2 Å². The van der Waals surface area contributed by atoms with Crippen LogP contribution in [0.5, 0.6) is 0 Å². The first-order valence-corrected chi connectivity index (χ1v) is 9.15. The van der Waals surface area contributed by atoms with Crippen molar-refractivity contribution in [3.8, 4) is 0 Å². The molecule has 0 saturated heterocycles. The van der Waals surface area contributed by atoms with E-state index >= 15 is 0 Å². The first kappa shape index (κ1) is 18.8. The predicted molar refractivity (Wildman–Crippen MR) is 103 cm³/mol. The zero-order valence-electron chi connectivity index (χ0n) is 15.5. The summed E-state index contributed by atoms with van der Waals surface area (Å²) in [5.41, 5.74) is 3.17. The summed E-state index contributed by atoms with van der Waals surface area (Å²) in [7, 11) is 0. The third-order valence-corrected chi connectivity index (χ3v) is 5.10. The van der Waals surface area contributed by atoms with Gasteiger partial charge < -0.3 is 4.74 Å². The van der Waals surface area contributed by atoms with Crippen LogP contribution in [0.25, 0.3) is 0 Å². The number of aryl methyl sites for hydroxylation is 1. The van der Waals surface area contributed by atoms with E-state index in [1.807, 2.05) is 67.6 Å². The lowest BCUT2D eigenvalue weighted by molar-refractivity contribution is -0.530. The van der Waals surface area contributed by atoms with Crippen LogP contribution in [0.3, 0.4) is 0 Å². The molecule has 1 aliphatic carbocycles. The van der Waals surface area contributed by atoms with Gasteiger partial charge in [-0.3, -0.25) is 10.1 Å². The highest BCUT2D eigenvalue weighted by atomic mass is 16.6. The summed E-state index contributed by atoms with van der Waals surface area (Å²) in [6.07, 6.45) is 2.26. The molecule has 0 aromatic heterocycles. The molecule has 0 bridgehead atoms. The number of carbonyl (C=O) groups excluding carboxylic acids is 1. The number of hydrogen-bond acceptors (Lipinski definition) is 4. The van der Waals surface area contributed by atoms with Crippen molar-refractivity contribution in [1.82, 2.24) is 0 Å². The molecule has 0 unspecified atom stereocenters. The lowest BCUT2D eigenvalue weighted by Crippen LogP contribution is -2.39. The summed E-state index contributed by atoms with van der Waals surface area (Å²) in [5, 5.41) is 12.1. The minimum absolute atomic E-state index is 0.238. The van der Waals surface area contributed by atoms with Crippen molar-refractivity contribution in [1.29, 1.82) is 0 Å². The zero-order valence-corrected chi connectivity index (χ0v) is 15.5. The number of nitrogens with zero attached hydrogens (tertiary/aromatic N) is 1. The Labute approximate surface area is 158 Å². The van der Waals surface area contributed by atoms with E-state index < -0.39 is 17.9 Å². The molecule has 2 aromatic rings. The Kier molecular flexibility index (Phi) is 5.69. The SMILES string of the molecule is CCOC(=O)C1=CC[C@@H](c2ccc(C)cc2)[C@H]([N+](=O)[O-])[C@H]1c1ccccc1. The first-order valence-electron chi connectivity index (χ1n) is 9.15. The normalized spacial score (nSPS) is 22.0. The molecular weight excluding hydrogens is 342 g/mol. The standard InChI is InChI=1S/C22H23NO4/c1-3-27-22(24)19-14-13-18(16-11-9-15(2)10-12-16)21(23(25)26)20(19)17-7-5-4-6-8-17/h4-12,14,18,20-21H,3,13H2,1-2H3/t18-,20-,21-/m0/s1. The van der Waals surface area contributed by atoms with Gasteiger partial charge in [0.25, 0.3) is 0 Å². The topological polar surface area (TPSA) is 69.4 Å². The van der Waals surface area contributed by atoms with Gasteiger partial charge in [0.15, 0.2) is 0 Å². The molecule has 0 amide bonds. The molecule has 2 aromatic carbocycles. The van der Waals surface area contributed by atoms with Gasteiger partial charge in [-0.2, -0.15) is 0 Å². The molecule has 5 nitrogen and oxygen atoms in total. The highest BCUT2D eigenvalue weighted by molar-refractivity contribution is 5.90. The monoisotopic (exact) mass is 365 g/mol. The van der Waals surface area contributed by atoms with Crippen LogP contribution < -0.4 is 0 Å². The van der Waals surface area contributed by atoms with E-state index in [1.54, 1.807) is 6.92 Å². The number of ether oxygens (including phenoxy) is 1. The Morgan fingerprint density at radius 1 is 1.11 bits per heavy atom. The van der Waals surface area contributed by atoms with Gasteiger partial charge in [0.1, 0.15) is 0 Å². The second-order valence-corrected chi connectivity index (χ2v) is 6.80. The summed E-state index contributed by atoms with van der Waals surface area (Å²) in [6.45, 7) is 3.96. The third kappa shape index (κ3) is 3.92. The predicted octanol–water partition coefficient (Wildman–Crippen LogP) is 4.40. The van der Waals surface area contributed by atoms with Gasteiger partial charge in [-0.25, -0.2) is 4.79 Å². The van der Waals surface area contributed by atoms with Crippen molar-refractivity contribution in [3.05, 3.63) is 93.1 Å². The fourth-order valence-electron chi connectivity index (χ4n) is 3.81. The number of carbonyl (C=O) groups is 1. The summed E-state index contributed by atoms with van der Waals surface area (Å²) < 4.78 is 5.19. The van der Waals surface area contributed by atoms with E-state index in [0.29, 0.717) is 12.0 Å². The number of allylic oxidation sites excluding steroid dienone is 1. The summed E-state index contributed by atoms with van der Waals surface area (Å²) in [4.78, 5) is 24.4. The fourth-order valence-corrected chi connectivity index (χ4v) is 3.81. The van der Waals surface area contributed by atoms with Gasteiger partial charge in [0, 0.05) is 10.5 Å². The van der Waals surface area contributed by atoms with Gasteiger partial charge in [0.2, 0.25) is 6.04 Å². The van der Waals surface area contributed by atoms with Gasteiger partial charge in [-0.05, 0) is 31.4 Å². The first-order chi connectivity index (χ1) is 13.0. The number of esters is 1. The molecule has 0 saturated carbocycles. The van der Waals surface area contributed by atoms with Crippen molar-refractivity contribution >= 4 is 5.97 Å². The van der Waals surface area contributed by atoms with Crippen LogP contribution in [0.4, 0.5) is 0 Å². The number of benzene rings is 2. The molecule has 1 aliphatic rings. The Balaban J connectivity index is 2.10. The van der Waals surface area contributed by atoms with Gasteiger partial charge >= 0.3 is 5.97 Å². The van der Waals surface area contributed by atoms with E-state index in [0.717, 1.165) is 16.7 Å². The molecular formula is C22H23NO4. The maximum atomic E-state index is 12.5. The summed E-state index contributed by atoms with van der Waals surface area (Å²) in [5.74, 6) is -1.41. The highest BCUT2D eigenvalue weighted by Gasteiger charge is 2.47. The largest absolute Gasteiger partial charge is 0.463 e. The maximum Gasteiger partial charge on any atom is 0.334 e. The quantitative estimate of drug-likeness (QED) is 0.447. The minimum Gasteiger partial charge on any atom is -0.463 e. The van der Waals surface area contributed by atoms with Crippen LogP contribution in [0, 0.1) is 17.0 Å². The average Bonchev–Trinajstić information content (AvgIpc) is 2.68. The molecule has 0 heterocycles. The Bertz CT molecular complexity index is 842. The average molecular weight is 365 g/mol. The lowest BCUT2D eigenvalue weighted by atomic mass is 9.71. The van der Waals surface area contributed by atoms with Crippen LogP contribution in [-0.4, -0.2) is 23.5 Å². The maximum absolute atomic E-state index is 12.5. The van der Waals surface area contributed by atoms with Crippen LogP contribution in [-0.2, 0) is 9.53 Å². The summed E-state index contributed by atoms with van der Waals surface area (Å²) >= 11 is 0.